The molecule has 3 heteroatoms. The number of hydrogen-bond donors (Lipinski definition) is 1. The van der Waals surface area contributed by atoms with E-state index in [1.807, 2.05) is 0 Å². The fourth-order valence-corrected chi connectivity index (χ4v) is 0. The average molecular weight is 69.1 g/mol. The largest absolute Gasteiger partial charge is 0.344 e. The van der Waals surface area contributed by atoms with Crippen molar-refractivity contribution in [3.05, 3.63) is 0 Å². The monoisotopic (exact) mass is 69.0 g/mol. The van der Waals surface area contributed by atoms with Crippen molar-refractivity contribution in [1.29, 1.82) is 10.5 Å². The van der Waals surface area contributed by atoms with Crippen LogP contribution >= 0.6 is 0 Å². The SMILES string of the molecule is N.N#CC#N. The highest BCUT2D eigenvalue weighted by atomic mass is 14.3. The van der Waals surface area contributed by atoms with E-state index in [0.29, 0.717) is 0 Å². The molecule has 0 atom stereocenters. The predicted molar refractivity (Wildman–Crippen MR) is 16.2 cm³/mol. The molecule has 0 unspecified atom stereocenters. The Morgan fingerprint density at radius 3 is 1.20 bits per heavy atom. The summed E-state index contributed by atoms with van der Waals surface area (Å²) in [7, 11) is 0. The molecule has 5 heavy (non-hydrogen) atoms. The smallest absolute Gasteiger partial charge is 0.181 e. The zero-order chi connectivity index (χ0) is 3.41. The molecule has 26 valence electrons. The number of nitrogens with zero attached hydrogens (tertiary/aromatic N) is 2. The minimum atomic E-state index is 0. The van der Waals surface area contributed by atoms with E-state index in [9.17, 15) is 0 Å². The molecule has 0 aromatic heterocycles. The van der Waals surface area contributed by atoms with Crippen LogP contribution in [0.5, 0.6) is 0 Å². The van der Waals surface area contributed by atoms with Crippen LogP contribution in [0.15, 0.2) is 0 Å². The molecular formula is C2H3N3. The highest BCUT2D eigenvalue weighted by molar-refractivity contribution is 4.99. The lowest BCUT2D eigenvalue weighted by Crippen LogP contribution is -1.26. The molecule has 0 saturated heterocycles. The highest BCUT2D eigenvalue weighted by Crippen LogP contribution is 1.27. The van der Waals surface area contributed by atoms with Crippen molar-refractivity contribution in [3.8, 4) is 12.1 Å². The van der Waals surface area contributed by atoms with E-state index >= 15 is 0 Å². The standard InChI is InChI=1S/C2N2.H3N/c3-1-2-4;/h;1H3. The van der Waals surface area contributed by atoms with Crippen molar-refractivity contribution >= 4 is 0 Å². The van der Waals surface area contributed by atoms with Crippen LogP contribution in [-0.2, 0) is 0 Å². The van der Waals surface area contributed by atoms with Crippen molar-refractivity contribution in [3.63, 3.8) is 0 Å². The Balaban J connectivity index is 0. The lowest BCUT2D eigenvalue weighted by atomic mass is 10.9. The van der Waals surface area contributed by atoms with Crippen LogP contribution in [0.1, 0.15) is 0 Å². The van der Waals surface area contributed by atoms with Gasteiger partial charge in [0.15, 0.2) is 12.1 Å². The first-order chi connectivity index (χ1) is 1.91. The van der Waals surface area contributed by atoms with Gasteiger partial charge in [0.2, 0.25) is 0 Å². The van der Waals surface area contributed by atoms with Gasteiger partial charge in [-0.3, -0.25) is 0 Å². The summed E-state index contributed by atoms with van der Waals surface area (Å²) >= 11 is 0. The van der Waals surface area contributed by atoms with Crippen LogP contribution in [0, 0.1) is 22.7 Å². The summed E-state index contributed by atoms with van der Waals surface area (Å²) in [5.74, 6) is 0. The topological polar surface area (TPSA) is 82.6 Å². The molecular weight excluding hydrogens is 66.0 g/mol. The summed E-state index contributed by atoms with van der Waals surface area (Å²) in [6.45, 7) is 0. The third kappa shape index (κ3) is 722. The number of hydrogen-bond acceptors (Lipinski definition) is 3. The molecule has 0 heterocycles. The Morgan fingerprint density at radius 2 is 1.20 bits per heavy atom. The van der Waals surface area contributed by atoms with E-state index in [4.69, 9.17) is 10.5 Å². The summed E-state index contributed by atoms with van der Waals surface area (Å²) < 4.78 is 0. The minimum Gasteiger partial charge on any atom is -0.344 e. The number of nitriles is 2. The van der Waals surface area contributed by atoms with Crippen LogP contribution in [0.4, 0.5) is 0 Å². The summed E-state index contributed by atoms with van der Waals surface area (Å²) in [5.41, 5.74) is 0. The van der Waals surface area contributed by atoms with Crippen molar-refractivity contribution in [2.45, 2.75) is 0 Å². The minimum absolute atomic E-state index is 0. The molecule has 0 saturated carbocycles. The van der Waals surface area contributed by atoms with Crippen molar-refractivity contribution in [2.75, 3.05) is 0 Å². The molecule has 0 aromatic rings. The molecule has 0 aromatic carbocycles. The van der Waals surface area contributed by atoms with E-state index in [1.165, 1.54) is 12.1 Å². The van der Waals surface area contributed by atoms with Gasteiger partial charge in [-0.2, -0.15) is 10.5 Å². The van der Waals surface area contributed by atoms with Crippen LogP contribution in [0.25, 0.3) is 0 Å². The van der Waals surface area contributed by atoms with Gasteiger partial charge in [0.25, 0.3) is 0 Å². The zero-order valence-electron chi connectivity index (χ0n) is 2.60. The lowest BCUT2D eigenvalue weighted by molar-refractivity contribution is 1.49. The van der Waals surface area contributed by atoms with E-state index in [1.54, 1.807) is 0 Å². The maximum atomic E-state index is 7.26. The maximum Gasteiger partial charge on any atom is 0.181 e. The second kappa shape index (κ2) is 12.5. The Morgan fingerprint density at radius 1 is 1.00 bits per heavy atom. The maximum absolute atomic E-state index is 7.26. The summed E-state index contributed by atoms with van der Waals surface area (Å²) in [5, 5.41) is 14.5. The van der Waals surface area contributed by atoms with Crippen LogP contribution in [-0.4, -0.2) is 0 Å². The average Bonchev–Trinajstić information content (AvgIpc) is 1.37. The third-order valence-corrected chi connectivity index (χ3v) is 0.0500. The summed E-state index contributed by atoms with van der Waals surface area (Å²) in [6, 6.07) is 2.47. The first-order valence-corrected chi connectivity index (χ1v) is 0.697. The Labute approximate surface area is 30.0 Å². The first-order valence-electron chi connectivity index (χ1n) is 0.697. The van der Waals surface area contributed by atoms with Gasteiger partial charge in [0.05, 0.1) is 0 Å². The molecule has 0 amide bonds. The fourth-order valence-electron chi connectivity index (χ4n) is 0. The summed E-state index contributed by atoms with van der Waals surface area (Å²) in [4.78, 5) is 0. The second-order valence-corrected chi connectivity index (χ2v) is 0.224. The molecule has 0 aliphatic rings. The van der Waals surface area contributed by atoms with Crippen molar-refractivity contribution in [1.82, 2.24) is 6.15 Å². The zero-order valence-corrected chi connectivity index (χ0v) is 2.60. The van der Waals surface area contributed by atoms with E-state index < -0.39 is 0 Å². The van der Waals surface area contributed by atoms with Gasteiger partial charge in [0, 0.05) is 0 Å². The van der Waals surface area contributed by atoms with Crippen LogP contribution in [0.3, 0.4) is 0 Å². The molecule has 0 aliphatic carbocycles. The van der Waals surface area contributed by atoms with Crippen molar-refractivity contribution in [2.24, 2.45) is 0 Å². The predicted octanol–water partition coefficient (Wildman–Crippen LogP) is 0.196. The van der Waals surface area contributed by atoms with E-state index in [0.717, 1.165) is 0 Å². The Bertz CT molecular complexity index is 59.9. The fraction of sp³-hybridized carbons (Fsp3) is 0. The molecule has 3 nitrogen and oxygen atoms in total. The Hall–Kier alpha value is -1.06. The molecule has 0 radical (unpaired) electrons. The molecule has 0 spiro atoms. The van der Waals surface area contributed by atoms with Gasteiger partial charge in [-0.05, 0) is 0 Å². The first kappa shape index (κ1) is 9.05. The van der Waals surface area contributed by atoms with Gasteiger partial charge in [-0.15, -0.1) is 0 Å². The summed E-state index contributed by atoms with van der Waals surface area (Å²) in [6.07, 6.45) is 0. The van der Waals surface area contributed by atoms with E-state index in [2.05, 4.69) is 0 Å². The second-order valence-electron chi connectivity index (χ2n) is 0.224. The highest BCUT2D eigenvalue weighted by Gasteiger charge is 1.39. The van der Waals surface area contributed by atoms with Gasteiger partial charge >= 0.3 is 0 Å². The third-order valence-electron chi connectivity index (χ3n) is 0.0500. The molecule has 0 aliphatic heterocycles. The van der Waals surface area contributed by atoms with Gasteiger partial charge in [-0.1, -0.05) is 0 Å². The lowest BCUT2D eigenvalue weighted by Gasteiger charge is -1.16. The normalized spacial score (nSPS) is 2.00. The molecule has 3 N–H and O–H groups in total. The molecule has 0 fully saturated rings. The quantitative estimate of drug-likeness (QED) is 0.440. The van der Waals surface area contributed by atoms with Crippen molar-refractivity contribution < 1.29 is 0 Å². The van der Waals surface area contributed by atoms with Gasteiger partial charge < -0.3 is 6.15 Å². The van der Waals surface area contributed by atoms with Gasteiger partial charge in [0.1, 0.15) is 0 Å². The van der Waals surface area contributed by atoms with E-state index in [-0.39, 0.29) is 6.15 Å². The van der Waals surface area contributed by atoms with Gasteiger partial charge in [-0.25, -0.2) is 0 Å². The molecule has 0 bridgehead atoms. The van der Waals surface area contributed by atoms with Crippen LogP contribution in [0.2, 0.25) is 0 Å². The molecule has 0 rings (SSSR count). The van der Waals surface area contributed by atoms with Crippen LogP contribution < -0.4 is 6.15 Å². The number of rotatable bonds is 0. The Kier molecular flexibility index (Phi) is 22.7.